The lowest BCUT2D eigenvalue weighted by atomic mass is 9.98. The van der Waals surface area contributed by atoms with Crippen molar-refractivity contribution in [3.63, 3.8) is 0 Å². The molecule has 2 aromatic rings. The van der Waals surface area contributed by atoms with Crippen LogP contribution in [0.5, 0.6) is 0 Å². The Morgan fingerprint density at radius 3 is 2.22 bits per heavy atom. The molecule has 3 rings (SSSR count). The van der Waals surface area contributed by atoms with Gasteiger partial charge >= 0.3 is 12.1 Å². The van der Waals surface area contributed by atoms with E-state index in [4.69, 9.17) is 9.84 Å². The summed E-state index contributed by atoms with van der Waals surface area (Å²) in [5, 5.41) is 14.1. The summed E-state index contributed by atoms with van der Waals surface area (Å²) < 4.78 is 5.52. The van der Waals surface area contributed by atoms with Crippen LogP contribution in [0.1, 0.15) is 49.7 Å². The number of nitrogens with one attached hydrogen (secondary N) is 2. The van der Waals surface area contributed by atoms with Crippen molar-refractivity contribution in [1.82, 2.24) is 10.6 Å². The van der Waals surface area contributed by atoms with Crippen LogP contribution in [0.2, 0.25) is 0 Å². The predicted molar refractivity (Wildman–Crippen MR) is 121 cm³/mol. The van der Waals surface area contributed by atoms with Gasteiger partial charge in [-0.15, -0.1) is 0 Å². The summed E-state index contributed by atoms with van der Waals surface area (Å²) in [7, 11) is 0. The Labute approximate surface area is 188 Å². The number of hydrogen-bond acceptors (Lipinski definition) is 4. The average molecular weight is 439 g/mol. The summed E-state index contributed by atoms with van der Waals surface area (Å²) in [4.78, 5) is 34.5. The van der Waals surface area contributed by atoms with Crippen molar-refractivity contribution < 1.29 is 24.2 Å². The van der Waals surface area contributed by atoms with Gasteiger partial charge in [-0.25, -0.2) is 4.79 Å². The Hall–Kier alpha value is -3.35. The minimum atomic E-state index is -0.868. The van der Waals surface area contributed by atoms with Crippen molar-refractivity contribution >= 4 is 18.0 Å². The third kappa shape index (κ3) is 6.33. The van der Waals surface area contributed by atoms with Gasteiger partial charge in [0, 0.05) is 31.8 Å². The lowest BCUT2D eigenvalue weighted by Crippen LogP contribution is -2.31. The number of benzene rings is 2. The van der Waals surface area contributed by atoms with Gasteiger partial charge in [0.1, 0.15) is 6.61 Å². The van der Waals surface area contributed by atoms with Crippen molar-refractivity contribution in [3.8, 4) is 11.1 Å². The number of carboxylic acid groups (broad SMARTS) is 1. The fourth-order valence-electron chi connectivity index (χ4n) is 3.94. The molecular weight excluding hydrogens is 408 g/mol. The number of rotatable bonds is 11. The zero-order valence-electron chi connectivity index (χ0n) is 18.3. The minimum absolute atomic E-state index is 0.0235. The molecule has 170 valence electrons. The second-order valence-electron chi connectivity index (χ2n) is 8.20. The van der Waals surface area contributed by atoms with Crippen molar-refractivity contribution in [2.24, 2.45) is 5.92 Å². The number of carbonyl (C=O) groups is 3. The first kappa shape index (κ1) is 23.3. The molecule has 1 aliphatic rings. The highest BCUT2D eigenvalue weighted by atomic mass is 16.5. The Morgan fingerprint density at radius 1 is 0.969 bits per heavy atom. The first-order chi connectivity index (χ1) is 15.5. The van der Waals surface area contributed by atoms with Gasteiger partial charge < -0.3 is 20.5 Å². The van der Waals surface area contributed by atoms with Gasteiger partial charge in [-0.2, -0.15) is 0 Å². The van der Waals surface area contributed by atoms with Gasteiger partial charge in [0.2, 0.25) is 5.91 Å². The minimum Gasteiger partial charge on any atom is -0.481 e. The van der Waals surface area contributed by atoms with Crippen LogP contribution in [0, 0.1) is 5.92 Å². The number of amides is 2. The quantitative estimate of drug-likeness (QED) is 0.461. The maximum absolute atomic E-state index is 12.2. The standard InChI is InChI=1S/C25H30N2O5/c1-17(12-13-23(28)26-14-6-11-24(29)30)15-27-25(31)32-16-22-20-9-4-2-7-18(20)19-8-3-5-10-21(19)22/h2-5,7-10,17,22H,6,11-16H2,1H3,(H,26,28)(H,27,31)(H,29,30). The van der Waals surface area contributed by atoms with Gasteiger partial charge in [0.05, 0.1) is 0 Å². The van der Waals surface area contributed by atoms with Crippen LogP contribution in [0.15, 0.2) is 48.5 Å². The van der Waals surface area contributed by atoms with Crippen LogP contribution in [0.25, 0.3) is 11.1 Å². The number of aliphatic carboxylic acids is 1. The monoisotopic (exact) mass is 438 g/mol. The largest absolute Gasteiger partial charge is 0.481 e. The summed E-state index contributed by atoms with van der Waals surface area (Å²) >= 11 is 0. The van der Waals surface area contributed by atoms with Crippen molar-refractivity contribution in [2.75, 3.05) is 19.7 Å². The van der Waals surface area contributed by atoms with Gasteiger partial charge in [0.25, 0.3) is 0 Å². The molecule has 0 saturated carbocycles. The topological polar surface area (TPSA) is 105 Å². The molecule has 0 heterocycles. The normalized spacial score (nSPS) is 13.0. The second-order valence-corrected chi connectivity index (χ2v) is 8.20. The Bertz CT molecular complexity index is 913. The Morgan fingerprint density at radius 2 is 1.59 bits per heavy atom. The number of carbonyl (C=O) groups excluding carboxylic acids is 2. The maximum Gasteiger partial charge on any atom is 0.407 e. The summed E-state index contributed by atoms with van der Waals surface area (Å²) in [5.41, 5.74) is 4.72. The molecule has 7 heteroatoms. The fraction of sp³-hybridized carbons (Fsp3) is 0.400. The van der Waals surface area contributed by atoms with E-state index in [1.807, 2.05) is 31.2 Å². The van der Waals surface area contributed by atoms with Gasteiger partial charge in [-0.05, 0) is 41.0 Å². The van der Waals surface area contributed by atoms with Gasteiger partial charge in [0.15, 0.2) is 0 Å². The molecule has 0 saturated heterocycles. The maximum atomic E-state index is 12.2. The van der Waals surface area contributed by atoms with Crippen molar-refractivity contribution in [2.45, 2.75) is 38.5 Å². The van der Waals surface area contributed by atoms with E-state index < -0.39 is 12.1 Å². The van der Waals surface area contributed by atoms with E-state index in [1.54, 1.807) is 0 Å². The third-order valence-electron chi connectivity index (χ3n) is 5.69. The number of carboxylic acids is 1. The first-order valence-electron chi connectivity index (χ1n) is 11.0. The molecule has 0 spiro atoms. The van der Waals surface area contributed by atoms with E-state index >= 15 is 0 Å². The highest BCUT2D eigenvalue weighted by Gasteiger charge is 2.29. The molecule has 3 N–H and O–H groups in total. The zero-order chi connectivity index (χ0) is 22.9. The molecule has 2 amide bonds. The molecule has 0 bridgehead atoms. The number of ether oxygens (including phenoxy) is 1. The van der Waals surface area contributed by atoms with Crippen LogP contribution in [-0.4, -0.2) is 42.8 Å². The molecule has 0 aromatic heterocycles. The van der Waals surface area contributed by atoms with Gasteiger partial charge in [-0.3, -0.25) is 9.59 Å². The summed E-state index contributed by atoms with van der Waals surface area (Å²) in [5.74, 6) is -0.841. The second kappa shape index (κ2) is 11.3. The molecule has 7 nitrogen and oxygen atoms in total. The van der Waals surface area contributed by atoms with E-state index in [9.17, 15) is 14.4 Å². The van der Waals surface area contributed by atoms with Crippen LogP contribution < -0.4 is 10.6 Å². The lowest BCUT2D eigenvalue weighted by Gasteiger charge is -2.16. The molecule has 0 aliphatic heterocycles. The van der Waals surface area contributed by atoms with Crippen LogP contribution >= 0.6 is 0 Å². The summed E-state index contributed by atoms with van der Waals surface area (Å²) in [6, 6.07) is 16.4. The van der Waals surface area contributed by atoms with Crippen LogP contribution in [0.3, 0.4) is 0 Å². The van der Waals surface area contributed by atoms with E-state index in [0.717, 1.165) is 0 Å². The molecule has 1 atom stereocenters. The molecular formula is C25H30N2O5. The summed E-state index contributed by atoms with van der Waals surface area (Å²) in [6.07, 6.45) is 0.951. The van der Waals surface area contributed by atoms with Crippen LogP contribution in [-0.2, 0) is 14.3 Å². The summed E-state index contributed by atoms with van der Waals surface area (Å²) in [6.45, 7) is 3.01. The molecule has 1 unspecified atom stereocenters. The number of hydrogen-bond donors (Lipinski definition) is 3. The molecule has 0 fully saturated rings. The number of alkyl carbamates (subject to hydrolysis) is 1. The average Bonchev–Trinajstić information content (AvgIpc) is 3.11. The fourth-order valence-corrected chi connectivity index (χ4v) is 3.94. The third-order valence-corrected chi connectivity index (χ3v) is 5.69. The van der Waals surface area contributed by atoms with Crippen molar-refractivity contribution in [1.29, 1.82) is 0 Å². The zero-order valence-corrected chi connectivity index (χ0v) is 18.3. The van der Waals surface area contributed by atoms with E-state index in [1.165, 1.54) is 22.3 Å². The molecule has 0 radical (unpaired) electrons. The molecule has 2 aromatic carbocycles. The smallest absolute Gasteiger partial charge is 0.407 e. The van der Waals surface area contributed by atoms with E-state index in [2.05, 4.69) is 34.9 Å². The number of fused-ring (bicyclic) bond motifs is 3. The molecule has 1 aliphatic carbocycles. The predicted octanol–water partition coefficient (Wildman–Crippen LogP) is 3.92. The highest BCUT2D eigenvalue weighted by Crippen LogP contribution is 2.44. The Kier molecular flexibility index (Phi) is 8.25. The van der Waals surface area contributed by atoms with Crippen molar-refractivity contribution in [3.05, 3.63) is 59.7 Å². The molecule has 32 heavy (non-hydrogen) atoms. The lowest BCUT2D eigenvalue weighted by molar-refractivity contribution is -0.137. The highest BCUT2D eigenvalue weighted by molar-refractivity contribution is 5.79. The Balaban J connectivity index is 1.38. The first-order valence-corrected chi connectivity index (χ1v) is 11.0. The van der Waals surface area contributed by atoms with Gasteiger partial charge in [-0.1, -0.05) is 55.5 Å². The van der Waals surface area contributed by atoms with Crippen LogP contribution in [0.4, 0.5) is 4.79 Å². The SMILES string of the molecule is CC(CCC(=O)NCCCC(=O)O)CNC(=O)OCC1c2ccccc2-c2ccccc21. The van der Waals surface area contributed by atoms with E-state index in [-0.39, 0.29) is 30.8 Å². The van der Waals surface area contributed by atoms with E-state index in [0.29, 0.717) is 32.4 Å².